The number of hydrogen-bond acceptors (Lipinski definition) is 6. The van der Waals surface area contributed by atoms with Crippen LogP contribution in [0.5, 0.6) is 5.75 Å². The molecule has 3 heterocycles. The van der Waals surface area contributed by atoms with Gasteiger partial charge in [-0.15, -0.1) is 22.7 Å². The van der Waals surface area contributed by atoms with E-state index >= 15 is 0 Å². The molecular weight excluding hydrogens is 378 g/mol. The van der Waals surface area contributed by atoms with Crippen molar-refractivity contribution in [1.29, 1.82) is 0 Å². The van der Waals surface area contributed by atoms with Gasteiger partial charge in [-0.3, -0.25) is 9.36 Å². The molecule has 27 heavy (non-hydrogen) atoms. The summed E-state index contributed by atoms with van der Waals surface area (Å²) >= 11 is 3.25. The van der Waals surface area contributed by atoms with E-state index in [-0.39, 0.29) is 5.56 Å². The van der Waals surface area contributed by atoms with E-state index in [1.54, 1.807) is 40.7 Å². The van der Waals surface area contributed by atoms with E-state index in [4.69, 9.17) is 9.72 Å². The van der Waals surface area contributed by atoms with Crippen LogP contribution in [-0.2, 0) is 19.4 Å². The van der Waals surface area contributed by atoms with Crippen molar-refractivity contribution in [3.8, 4) is 16.3 Å². The minimum Gasteiger partial charge on any atom is -0.497 e. The summed E-state index contributed by atoms with van der Waals surface area (Å²) in [6, 6.07) is 7.84. The summed E-state index contributed by atoms with van der Waals surface area (Å²) in [5.74, 6) is 0.824. The van der Waals surface area contributed by atoms with Gasteiger partial charge in [-0.05, 0) is 49.1 Å². The molecule has 0 saturated carbocycles. The zero-order valence-corrected chi connectivity index (χ0v) is 16.4. The first kappa shape index (κ1) is 16.6. The number of hydrogen-bond donors (Lipinski definition) is 0. The Morgan fingerprint density at radius 2 is 2.07 bits per heavy atom. The second kappa shape index (κ2) is 6.58. The van der Waals surface area contributed by atoms with E-state index < -0.39 is 0 Å². The monoisotopic (exact) mass is 395 g/mol. The molecule has 7 heteroatoms. The van der Waals surface area contributed by atoms with Crippen molar-refractivity contribution in [2.45, 2.75) is 25.8 Å². The molecule has 5 rings (SSSR count). The first-order chi connectivity index (χ1) is 13.2. The molecule has 1 aliphatic carbocycles. The van der Waals surface area contributed by atoms with Crippen LogP contribution in [0.25, 0.3) is 20.8 Å². The number of methoxy groups -OCH3 is 1. The first-order valence-corrected chi connectivity index (χ1v) is 10.5. The topological polar surface area (TPSA) is 57.0 Å². The molecule has 0 fully saturated rings. The Hall–Kier alpha value is -2.51. The van der Waals surface area contributed by atoms with Crippen LogP contribution in [0.4, 0.5) is 0 Å². The molecule has 0 radical (unpaired) electrons. The molecule has 0 aliphatic heterocycles. The molecule has 136 valence electrons. The number of thiazole rings is 1. The summed E-state index contributed by atoms with van der Waals surface area (Å²) in [6.07, 6.45) is 4.87. The smallest absolute Gasteiger partial charge is 0.262 e. The highest BCUT2D eigenvalue weighted by Gasteiger charge is 2.21. The van der Waals surface area contributed by atoms with Gasteiger partial charge in [0.1, 0.15) is 15.6 Å². The third kappa shape index (κ3) is 2.87. The van der Waals surface area contributed by atoms with Crippen LogP contribution < -0.4 is 10.3 Å². The number of ether oxygens (including phenoxy) is 1. The predicted octanol–water partition coefficient (Wildman–Crippen LogP) is 4.13. The number of nitrogens with zero attached hydrogens (tertiary/aromatic N) is 3. The van der Waals surface area contributed by atoms with Crippen molar-refractivity contribution in [2.24, 2.45) is 0 Å². The number of benzene rings is 1. The van der Waals surface area contributed by atoms with Gasteiger partial charge in [0.25, 0.3) is 5.56 Å². The van der Waals surface area contributed by atoms with Crippen LogP contribution in [0.3, 0.4) is 0 Å². The van der Waals surface area contributed by atoms with Crippen LogP contribution in [-0.4, -0.2) is 21.6 Å². The van der Waals surface area contributed by atoms with Crippen molar-refractivity contribution >= 4 is 32.9 Å². The fraction of sp³-hybridized carbons (Fsp3) is 0.250. The Morgan fingerprint density at radius 3 is 2.89 bits per heavy atom. The Balaban J connectivity index is 1.46. The van der Waals surface area contributed by atoms with Crippen LogP contribution in [0, 0.1) is 0 Å². The molecule has 0 unspecified atom stereocenters. The molecular formula is C20H17N3O2S2. The van der Waals surface area contributed by atoms with Gasteiger partial charge in [0.05, 0.1) is 31.1 Å². The zero-order chi connectivity index (χ0) is 18.4. The van der Waals surface area contributed by atoms with E-state index in [9.17, 15) is 4.79 Å². The van der Waals surface area contributed by atoms with Crippen LogP contribution in [0.15, 0.2) is 40.8 Å². The maximum Gasteiger partial charge on any atom is 0.262 e. The quantitative estimate of drug-likeness (QED) is 0.521. The van der Waals surface area contributed by atoms with Crippen LogP contribution >= 0.6 is 22.7 Å². The van der Waals surface area contributed by atoms with Gasteiger partial charge in [0.2, 0.25) is 0 Å². The predicted molar refractivity (Wildman–Crippen MR) is 109 cm³/mol. The van der Waals surface area contributed by atoms with Crippen molar-refractivity contribution in [3.63, 3.8) is 0 Å². The highest BCUT2D eigenvalue weighted by molar-refractivity contribution is 7.18. The Bertz CT molecular complexity index is 1190. The highest BCUT2D eigenvalue weighted by atomic mass is 32.1. The molecule has 0 spiro atoms. The lowest BCUT2D eigenvalue weighted by molar-refractivity contribution is 0.415. The summed E-state index contributed by atoms with van der Waals surface area (Å²) in [4.78, 5) is 24.4. The van der Waals surface area contributed by atoms with E-state index in [1.807, 2.05) is 29.6 Å². The maximum atomic E-state index is 13.0. The molecule has 3 aromatic heterocycles. The number of thiophene rings is 1. The largest absolute Gasteiger partial charge is 0.497 e. The lowest BCUT2D eigenvalue weighted by Gasteiger charge is -2.04. The summed E-state index contributed by atoms with van der Waals surface area (Å²) in [7, 11) is 1.65. The Kier molecular flexibility index (Phi) is 4.06. The van der Waals surface area contributed by atoms with Gasteiger partial charge in [-0.25, -0.2) is 9.97 Å². The molecule has 0 bridgehead atoms. The average Bonchev–Trinajstić information content (AvgIpc) is 3.40. The minimum atomic E-state index is 0.0541. The van der Waals surface area contributed by atoms with E-state index in [0.29, 0.717) is 6.54 Å². The van der Waals surface area contributed by atoms with Crippen molar-refractivity contribution in [2.75, 3.05) is 7.11 Å². The molecule has 4 aromatic rings. The van der Waals surface area contributed by atoms with Crippen molar-refractivity contribution < 1.29 is 4.74 Å². The molecule has 1 aromatic carbocycles. The zero-order valence-electron chi connectivity index (χ0n) is 14.8. The highest BCUT2D eigenvalue weighted by Crippen LogP contribution is 2.34. The molecule has 0 atom stereocenters. The number of aryl methyl sites for hydroxylation is 2. The van der Waals surface area contributed by atoms with Gasteiger partial charge >= 0.3 is 0 Å². The van der Waals surface area contributed by atoms with E-state index in [2.05, 4.69) is 4.98 Å². The van der Waals surface area contributed by atoms with Crippen LogP contribution in [0.1, 0.15) is 22.6 Å². The van der Waals surface area contributed by atoms with Gasteiger partial charge in [0.15, 0.2) is 0 Å². The third-order valence-electron chi connectivity index (χ3n) is 4.91. The lowest BCUT2D eigenvalue weighted by atomic mass is 10.2. The Labute approximate surface area is 163 Å². The van der Waals surface area contributed by atoms with Gasteiger partial charge in [0, 0.05) is 15.8 Å². The summed E-state index contributed by atoms with van der Waals surface area (Å²) in [6.45, 7) is 0.444. The molecule has 0 saturated heterocycles. The summed E-state index contributed by atoms with van der Waals surface area (Å²) in [5, 5.41) is 3.76. The fourth-order valence-electron chi connectivity index (χ4n) is 3.55. The minimum absolute atomic E-state index is 0.0541. The van der Waals surface area contributed by atoms with E-state index in [1.165, 1.54) is 10.4 Å². The number of rotatable bonds is 4. The molecule has 1 aliphatic rings. The van der Waals surface area contributed by atoms with Gasteiger partial charge < -0.3 is 4.74 Å². The number of fused-ring (bicyclic) bond motifs is 3. The molecule has 5 nitrogen and oxygen atoms in total. The molecule has 0 amide bonds. The second-order valence-electron chi connectivity index (χ2n) is 6.59. The first-order valence-electron chi connectivity index (χ1n) is 8.81. The van der Waals surface area contributed by atoms with Crippen LogP contribution in [0.2, 0.25) is 0 Å². The fourth-order valence-corrected chi connectivity index (χ4v) is 5.59. The van der Waals surface area contributed by atoms with Gasteiger partial charge in [-0.1, -0.05) is 0 Å². The second-order valence-corrected chi connectivity index (χ2v) is 8.53. The number of aromatic nitrogens is 3. The lowest BCUT2D eigenvalue weighted by Crippen LogP contribution is -2.21. The third-order valence-corrected chi connectivity index (χ3v) is 7.05. The summed E-state index contributed by atoms with van der Waals surface area (Å²) < 4.78 is 6.88. The normalized spacial score (nSPS) is 13.2. The standard InChI is InChI=1S/C20H17N3O2S2/c1-25-14-7-5-12(6-8-14)18-22-13(10-26-18)9-23-11-21-19-17(20(23)24)15-3-2-4-16(15)27-19/h5-8,10-11H,2-4,9H2,1H3. The van der Waals surface area contributed by atoms with Crippen molar-refractivity contribution in [3.05, 3.63) is 62.5 Å². The van der Waals surface area contributed by atoms with E-state index in [0.717, 1.165) is 51.5 Å². The maximum absolute atomic E-state index is 13.0. The van der Waals surface area contributed by atoms with Crippen molar-refractivity contribution in [1.82, 2.24) is 14.5 Å². The summed E-state index contributed by atoms with van der Waals surface area (Å²) in [5.41, 5.74) is 3.20. The van der Waals surface area contributed by atoms with Gasteiger partial charge in [-0.2, -0.15) is 0 Å². The average molecular weight is 396 g/mol. The molecule has 0 N–H and O–H groups in total. The SMILES string of the molecule is COc1ccc(-c2nc(Cn3cnc4sc5c(c4c3=O)CCC5)cs2)cc1. The Morgan fingerprint density at radius 1 is 1.22 bits per heavy atom.